The number of ether oxygens (including phenoxy) is 2. The molecule has 3 aromatic rings. The molecular formula is C24H28N4O4. The van der Waals surface area contributed by atoms with Gasteiger partial charge in [-0.25, -0.2) is 9.78 Å². The van der Waals surface area contributed by atoms with Gasteiger partial charge in [0.25, 0.3) is 0 Å². The topological polar surface area (TPSA) is 80.1 Å². The van der Waals surface area contributed by atoms with Crippen molar-refractivity contribution in [3.8, 4) is 22.8 Å². The summed E-state index contributed by atoms with van der Waals surface area (Å²) in [4.78, 5) is 20.8. The Morgan fingerprint density at radius 2 is 1.81 bits per heavy atom. The maximum Gasteiger partial charge on any atom is 0.317 e. The molecule has 0 bridgehead atoms. The van der Waals surface area contributed by atoms with Crippen molar-refractivity contribution in [2.75, 3.05) is 45.3 Å². The second-order valence-electron chi connectivity index (χ2n) is 7.61. The highest BCUT2D eigenvalue weighted by molar-refractivity contribution is 5.75. The van der Waals surface area contributed by atoms with Gasteiger partial charge in [-0.2, -0.15) is 0 Å². The first-order valence-electron chi connectivity index (χ1n) is 10.6. The van der Waals surface area contributed by atoms with Crippen molar-refractivity contribution in [3.63, 3.8) is 0 Å². The monoisotopic (exact) mass is 436 g/mol. The fourth-order valence-corrected chi connectivity index (χ4v) is 3.77. The van der Waals surface area contributed by atoms with Crippen molar-refractivity contribution < 1.29 is 18.7 Å². The number of benzene rings is 2. The van der Waals surface area contributed by atoms with E-state index in [1.54, 1.807) is 20.4 Å². The minimum Gasteiger partial charge on any atom is -0.497 e. The summed E-state index contributed by atoms with van der Waals surface area (Å²) >= 11 is 0. The van der Waals surface area contributed by atoms with Crippen LogP contribution >= 0.6 is 0 Å². The molecule has 4 rings (SSSR count). The Balaban J connectivity index is 1.33. The first kappa shape index (κ1) is 21.5. The minimum absolute atomic E-state index is 0.0471. The fraction of sp³-hybridized carbons (Fsp3) is 0.333. The molecule has 2 heterocycles. The normalized spacial score (nSPS) is 13.7. The van der Waals surface area contributed by atoms with Crippen LogP contribution in [0.5, 0.6) is 11.5 Å². The molecular weight excluding hydrogens is 408 g/mol. The van der Waals surface area contributed by atoms with Crippen molar-refractivity contribution in [2.45, 2.75) is 13.5 Å². The summed E-state index contributed by atoms with van der Waals surface area (Å²) < 4.78 is 16.4. The summed E-state index contributed by atoms with van der Waals surface area (Å²) in [5.41, 5.74) is 2.96. The van der Waals surface area contributed by atoms with Crippen LogP contribution in [0.25, 0.3) is 11.3 Å². The lowest BCUT2D eigenvalue weighted by Crippen LogP contribution is -2.51. The second-order valence-corrected chi connectivity index (χ2v) is 7.61. The summed E-state index contributed by atoms with van der Waals surface area (Å²) in [5.74, 6) is 2.84. The predicted molar refractivity (Wildman–Crippen MR) is 122 cm³/mol. The number of urea groups is 1. The summed E-state index contributed by atoms with van der Waals surface area (Å²) in [6.07, 6.45) is 1.70. The lowest BCUT2D eigenvalue weighted by atomic mass is 10.1. The Morgan fingerprint density at radius 1 is 1.06 bits per heavy atom. The Bertz CT molecular complexity index is 1060. The molecule has 2 aromatic carbocycles. The van der Waals surface area contributed by atoms with Crippen LogP contribution in [-0.2, 0) is 6.54 Å². The van der Waals surface area contributed by atoms with Gasteiger partial charge in [0.2, 0.25) is 0 Å². The molecule has 1 aliphatic heterocycles. The first-order chi connectivity index (χ1) is 15.6. The van der Waals surface area contributed by atoms with Crippen molar-refractivity contribution in [2.24, 2.45) is 0 Å². The predicted octanol–water partition coefficient (Wildman–Crippen LogP) is 3.70. The van der Waals surface area contributed by atoms with E-state index in [2.05, 4.69) is 21.3 Å². The number of amides is 2. The van der Waals surface area contributed by atoms with E-state index in [0.717, 1.165) is 41.4 Å². The molecule has 8 nitrogen and oxygen atoms in total. The molecule has 1 N–H and O–H groups in total. The number of piperazine rings is 1. The molecule has 168 valence electrons. The number of hydrogen-bond acceptors (Lipinski definition) is 6. The van der Waals surface area contributed by atoms with Crippen molar-refractivity contribution >= 4 is 11.7 Å². The summed E-state index contributed by atoms with van der Waals surface area (Å²) in [6, 6.07) is 13.7. The van der Waals surface area contributed by atoms with Gasteiger partial charge in [-0.3, -0.25) is 0 Å². The maximum atomic E-state index is 12.6. The smallest absolute Gasteiger partial charge is 0.317 e. The van der Waals surface area contributed by atoms with E-state index in [1.807, 2.05) is 48.2 Å². The van der Waals surface area contributed by atoms with Gasteiger partial charge in [0.15, 0.2) is 11.7 Å². The zero-order valence-electron chi connectivity index (χ0n) is 18.6. The lowest BCUT2D eigenvalue weighted by Gasteiger charge is -2.36. The molecule has 2 amide bonds. The lowest BCUT2D eigenvalue weighted by molar-refractivity contribution is 0.194. The third kappa shape index (κ3) is 4.80. The largest absolute Gasteiger partial charge is 0.497 e. The number of aromatic nitrogens is 1. The fourth-order valence-electron chi connectivity index (χ4n) is 3.77. The van der Waals surface area contributed by atoms with Gasteiger partial charge in [0.05, 0.1) is 26.0 Å². The molecule has 32 heavy (non-hydrogen) atoms. The van der Waals surface area contributed by atoms with Gasteiger partial charge in [0, 0.05) is 51.4 Å². The highest BCUT2D eigenvalue weighted by atomic mass is 16.5. The maximum absolute atomic E-state index is 12.6. The average molecular weight is 437 g/mol. The Morgan fingerprint density at radius 3 is 2.44 bits per heavy atom. The molecule has 0 aliphatic carbocycles. The molecule has 1 fully saturated rings. The van der Waals surface area contributed by atoms with Crippen molar-refractivity contribution in [1.29, 1.82) is 0 Å². The SMILES string of the molecule is COc1ccc(CNC(=O)N2CCN(c3ccc(-c4cnc(C)o4)c(OC)c3)CC2)cc1. The number of methoxy groups -OCH3 is 2. The number of rotatable bonds is 6. The molecule has 0 atom stereocenters. The van der Waals surface area contributed by atoms with Crippen molar-refractivity contribution in [3.05, 3.63) is 60.1 Å². The van der Waals surface area contributed by atoms with Gasteiger partial charge in [0.1, 0.15) is 11.5 Å². The van der Waals surface area contributed by atoms with E-state index in [9.17, 15) is 4.79 Å². The van der Waals surface area contributed by atoms with Gasteiger partial charge in [-0.05, 0) is 29.8 Å². The Labute approximate surface area is 187 Å². The van der Waals surface area contributed by atoms with Crippen LogP contribution in [-0.4, -0.2) is 56.3 Å². The molecule has 1 aromatic heterocycles. The van der Waals surface area contributed by atoms with Crippen LogP contribution in [0.3, 0.4) is 0 Å². The van der Waals surface area contributed by atoms with E-state index >= 15 is 0 Å². The number of hydrogen-bond donors (Lipinski definition) is 1. The number of oxazole rings is 1. The van der Waals surface area contributed by atoms with Gasteiger partial charge < -0.3 is 29.0 Å². The number of carbonyl (C=O) groups is 1. The van der Waals surface area contributed by atoms with Crippen LogP contribution in [0.4, 0.5) is 10.5 Å². The highest BCUT2D eigenvalue weighted by Crippen LogP contribution is 2.34. The summed E-state index contributed by atoms with van der Waals surface area (Å²) in [6.45, 7) is 5.11. The van der Waals surface area contributed by atoms with Crippen LogP contribution in [0, 0.1) is 6.92 Å². The van der Waals surface area contributed by atoms with E-state index < -0.39 is 0 Å². The van der Waals surface area contributed by atoms with Crippen LogP contribution in [0.2, 0.25) is 0 Å². The number of anilines is 1. The standard InChI is InChI=1S/C24H28N4O4/c1-17-25-16-23(32-17)21-9-6-19(14-22(21)31-3)27-10-12-28(13-11-27)24(29)26-15-18-4-7-20(30-2)8-5-18/h4-9,14,16H,10-13,15H2,1-3H3,(H,26,29). The number of aryl methyl sites for hydroxylation is 1. The number of carbonyl (C=O) groups excluding carboxylic acids is 1. The molecule has 1 saturated heterocycles. The minimum atomic E-state index is -0.0471. The highest BCUT2D eigenvalue weighted by Gasteiger charge is 2.22. The third-order valence-corrected chi connectivity index (χ3v) is 5.61. The molecule has 0 spiro atoms. The second kappa shape index (κ2) is 9.64. The summed E-state index contributed by atoms with van der Waals surface area (Å²) in [7, 11) is 3.29. The number of nitrogens with zero attached hydrogens (tertiary/aromatic N) is 3. The molecule has 1 aliphatic rings. The van der Waals surface area contributed by atoms with E-state index in [0.29, 0.717) is 31.3 Å². The van der Waals surface area contributed by atoms with Crippen LogP contribution in [0.1, 0.15) is 11.5 Å². The van der Waals surface area contributed by atoms with Crippen molar-refractivity contribution in [1.82, 2.24) is 15.2 Å². The molecule has 0 unspecified atom stereocenters. The van der Waals surface area contributed by atoms with E-state index in [4.69, 9.17) is 13.9 Å². The van der Waals surface area contributed by atoms with Gasteiger partial charge >= 0.3 is 6.03 Å². The quantitative estimate of drug-likeness (QED) is 0.635. The zero-order chi connectivity index (χ0) is 22.5. The number of nitrogens with one attached hydrogen (secondary N) is 1. The van der Waals surface area contributed by atoms with E-state index in [1.165, 1.54) is 0 Å². The Kier molecular flexibility index (Phi) is 6.49. The average Bonchev–Trinajstić information content (AvgIpc) is 3.28. The molecule has 8 heteroatoms. The molecule has 0 radical (unpaired) electrons. The summed E-state index contributed by atoms with van der Waals surface area (Å²) in [5, 5.41) is 3.00. The van der Waals surface area contributed by atoms with Crippen LogP contribution < -0.4 is 19.7 Å². The Hall–Kier alpha value is -3.68. The van der Waals surface area contributed by atoms with E-state index in [-0.39, 0.29) is 6.03 Å². The first-order valence-corrected chi connectivity index (χ1v) is 10.6. The molecule has 0 saturated carbocycles. The third-order valence-electron chi connectivity index (χ3n) is 5.61. The van der Waals surface area contributed by atoms with Gasteiger partial charge in [-0.15, -0.1) is 0 Å². The van der Waals surface area contributed by atoms with Gasteiger partial charge in [-0.1, -0.05) is 12.1 Å². The zero-order valence-corrected chi connectivity index (χ0v) is 18.6. The van der Waals surface area contributed by atoms with Crippen LogP contribution in [0.15, 0.2) is 53.1 Å².